The van der Waals surface area contributed by atoms with Crippen molar-refractivity contribution in [1.82, 2.24) is 15.3 Å². The van der Waals surface area contributed by atoms with Crippen LogP contribution in [0.4, 0.5) is 27.6 Å². The number of hydrogen-bond acceptors (Lipinski definition) is 8. The third kappa shape index (κ3) is 5.82. The van der Waals surface area contributed by atoms with Gasteiger partial charge in [0.1, 0.15) is 28.8 Å². The number of aromatic nitrogens is 3. The number of halogens is 5. The molecular weight excluding hydrogens is 555 g/mol. The number of benzene rings is 2. The number of nitrogens with zero attached hydrogens (tertiary/aromatic N) is 3. The number of piperidine rings is 1. The molecule has 9 nitrogen and oxygen atoms in total. The fraction of sp³-hybridized carbons (Fsp3) is 0.370. The van der Waals surface area contributed by atoms with Crippen molar-refractivity contribution in [2.75, 3.05) is 18.0 Å². The Balaban J connectivity index is 1.14. The van der Waals surface area contributed by atoms with Crippen molar-refractivity contribution >= 4 is 5.69 Å². The fourth-order valence-electron chi connectivity index (χ4n) is 5.00. The first-order valence-corrected chi connectivity index (χ1v) is 12.9. The minimum atomic E-state index is -4.87. The van der Waals surface area contributed by atoms with Gasteiger partial charge in [-0.3, -0.25) is 9.51 Å². The van der Waals surface area contributed by atoms with Crippen LogP contribution in [0.25, 0.3) is 22.6 Å². The van der Waals surface area contributed by atoms with Crippen LogP contribution in [0.1, 0.15) is 42.9 Å². The lowest BCUT2D eigenvalue weighted by molar-refractivity contribution is -0.274. The van der Waals surface area contributed by atoms with Gasteiger partial charge in [0.2, 0.25) is 0 Å². The molecule has 0 bridgehead atoms. The second kappa shape index (κ2) is 10.7. The van der Waals surface area contributed by atoms with Crippen molar-refractivity contribution in [2.45, 2.75) is 50.7 Å². The van der Waals surface area contributed by atoms with E-state index in [1.165, 1.54) is 30.3 Å². The lowest BCUT2D eigenvalue weighted by atomic mass is 10.0. The van der Waals surface area contributed by atoms with Crippen LogP contribution in [0.2, 0.25) is 0 Å². The maximum atomic E-state index is 14.7. The van der Waals surface area contributed by atoms with Crippen LogP contribution in [0.15, 0.2) is 50.2 Å². The summed E-state index contributed by atoms with van der Waals surface area (Å²) in [5.41, 5.74) is 0.807. The van der Waals surface area contributed by atoms with Crippen LogP contribution < -0.4 is 15.4 Å². The number of ether oxygens (including phenoxy) is 2. The number of rotatable bonds is 8. The highest BCUT2D eigenvalue weighted by atomic mass is 19.4. The first kappa shape index (κ1) is 27.0. The van der Waals surface area contributed by atoms with Gasteiger partial charge < -0.3 is 18.9 Å². The summed E-state index contributed by atoms with van der Waals surface area (Å²) in [7, 11) is 0. The lowest BCUT2D eigenvalue weighted by Crippen LogP contribution is -2.37. The van der Waals surface area contributed by atoms with E-state index in [4.69, 9.17) is 9.26 Å². The molecule has 2 aromatic heterocycles. The highest BCUT2D eigenvalue weighted by molar-refractivity contribution is 5.70. The van der Waals surface area contributed by atoms with E-state index in [9.17, 15) is 26.7 Å². The van der Waals surface area contributed by atoms with Gasteiger partial charge in [-0.2, -0.15) is 0 Å². The Labute approximate surface area is 228 Å². The predicted octanol–water partition coefficient (Wildman–Crippen LogP) is 5.92. The maximum Gasteiger partial charge on any atom is 0.573 e. The van der Waals surface area contributed by atoms with E-state index >= 15 is 0 Å². The molecular formula is C27H23F5N4O5. The molecule has 6 rings (SSSR count). The zero-order chi connectivity index (χ0) is 28.7. The molecule has 0 spiro atoms. The Morgan fingerprint density at radius 3 is 2.34 bits per heavy atom. The monoisotopic (exact) mass is 578 g/mol. The van der Waals surface area contributed by atoms with Gasteiger partial charge in [-0.25, -0.2) is 13.6 Å². The molecule has 14 heteroatoms. The SMILES string of the molecule is O=c1[nH]c(-c2c(F)cc(N3CCC(OCc4c(-c5ccccc5OC(F)(F)F)noc4C4CC4)CC3)cc2F)no1. The molecule has 0 amide bonds. The van der Waals surface area contributed by atoms with Crippen LogP contribution in [-0.4, -0.2) is 40.9 Å². The van der Waals surface area contributed by atoms with E-state index in [-0.39, 0.29) is 41.5 Å². The van der Waals surface area contributed by atoms with E-state index in [0.29, 0.717) is 42.9 Å². The average Bonchev–Trinajstić information content (AvgIpc) is 3.55. The zero-order valence-corrected chi connectivity index (χ0v) is 21.3. The standard InChI is InChI=1S/C27H23F5N4O5/c28-19-11-15(12-20(29)22(19)25-33-26(37)41-35-25)36-9-7-16(8-10-36)38-13-18-23(34-40-24(18)14-5-6-14)17-3-1-2-4-21(17)39-27(30,31)32/h1-4,11-12,14,16H,5-10,13H2,(H,33,35,37). The van der Waals surface area contributed by atoms with Crippen molar-refractivity contribution in [3.63, 3.8) is 0 Å². The first-order valence-electron chi connectivity index (χ1n) is 12.9. The van der Waals surface area contributed by atoms with Crippen molar-refractivity contribution in [3.8, 4) is 28.4 Å². The molecule has 4 aromatic rings. The minimum absolute atomic E-state index is 0.0730. The summed E-state index contributed by atoms with van der Waals surface area (Å²) in [6, 6.07) is 8.07. The summed E-state index contributed by atoms with van der Waals surface area (Å²) >= 11 is 0. The van der Waals surface area contributed by atoms with Gasteiger partial charge in [-0.15, -0.1) is 13.2 Å². The Bertz CT molecular complexity index is 1580. The quantitative estimate of drug-likeness (QED) is 0.257. The Morgan fingerprint density at radius 2 is 1.71 bits per heavy atom. The Morgan fingerprint density at radius 1 is 1.00 bits per heavy atom. The first-order chi connectivity index (χ1) is 19.7. The molecule has 2 aromatic carbocycles. The molecule has 1 aliphatic carbocycles. The number of alkyl halides is 3. The fourth-order valence-corrected chi connectivity index (χ4v) is 5.00. The second-order valence-corrected chi connectivity index (χ2v) is 9.92. The van der Waals surface area contributed by atoms with E-state index in [2.05, 4.69) is 24.6 Å². The molecule has 1 aliphatic heterocycles. The van der Waals surface area contributed by atoms with Gasteiger partial charge >= 0.3 is 12.1 Å². The number of H-pyrrole nitrogens is 1. The molecule has 0 unspecified atom stereocenters. The van der Waals surface area contributed by atoms with Gasteiger partial charge in [-0.05, 0) is 49.9 Å². The van der Waals surface area contributed by atoms with Gasteiger partial charge in [-0.1, -0.05) is 22.4 Å². The average molecular weight is 578 g/mol. The molecule has 1 saturated heterocycles. The summed E-state index contributed by atoms with van der Waals surface area (Å²) in [5, 5.41) is 7.44. The Hall–Kier alpha value is -4.20. The van der Waals surface area contributed by atoms with Crippen molar-refractivity contribution in [3.05, 3.63) is 69.9 Å². The van der Waals surface area contributed by atoms with Gasteiger partial charge in [0.15, 0.2) is 5.82 Å². The normalized spacial score (nSPS) is 16.4. The highest BCUT2D eigenvalue weighted by Crippen LogP contribution is 2.46. The van der Waals surface area contributed by atoms with Gasteiger partial charge in [0.05, 0.1) is 18.3 Å². The number of nitrogens with one attached hydrogen (secondary N) is 1. The number of anilines is 1. The lowest BCUT2D eigenvalue weighted by Gasteiger charge is -2.33. The maximum absolute atomic E-state index is 14.7. The van der Waals surface area contributed by atoms with Crippen molar-refractivity contribution in [2.24, 2.45) is 0 Å². The van der Waals surface area contributed by atoms with E-state index < -0.39 is 29.3 Å². The van der Waals surface area contributed by atoms with E-state index in [1.807, 2.05) is 4.90 Å². The highest BCUT2D eigenvalue weighted by Gasteiger charge is 2.36. The Kier molecular flexibility index (Phi) is 7.01. The molecule has 1 N–H and O–H groups in total. The second-order valence-electron chi connectivity index (χ2n) is 9.92. The molecule has 2 aliphatic rings. The van der Waals surface area contributed by atoms with Crippen molar-refractivity contribution < 1.29 is 40.5 Å². The van der Waals surface area contributed by atoms with Crippen LogP contribution >= 0.6 is 0 Å². The molecule has 216 valence electrons. The molecule has 0 atom stereocenters. The van der Waals surface area contributed by atoms with E-state index in [1.54, 1.807) is 6.07 Å². The summed E-state index contributed by atoms with van der Waals surface area (Å²) < 4.78 is 88.8. The molecule has 3 heterocycles. The van der Waals surface area contributed by atoms with Gasteiger partial charge in [0, 0.05) is 35.8 Å². The van der Waals surface area contributed by atoms with Crippen LogP contribution in [0.5, 0.6) is 5.75 Å². The van der Waals surface area contributed by atoms with Crippen LogP contribution in [0, 0.1) is 11.6 Å². The van der Waals surface area contributed by atoms with Crippen LogP contribution in [0.3, 0.4) is 0 Å². The predicted molar refractivity (Wildman–Crippen MR) is 133 cm³/mol. The molecule has 0 radical (unpaired) electrons. The molecule has 1 saturated carbocycles. The molecule has 41 heavy (non-hydrogen) atoms. The van der Waals surface area contributed by atoms with Crippen LogP contribution in [-0.2, 0) is 11.3 Å². The third-order valence-corrected chi connectivity index (χ3v) is 7.11. The summed E-state index contributed by atoms with van der Waals surface area (Å²) in [4.78, 5) is 15.1. The molecule has 2 fully saturated rings. The number of hydrogen-bond donors (Lipinski definition) is 1. The van der Waals surface area contributed by atoms with Crippen molar-refractivity contribution in [1.29, 1.82) is 0 Å². The minimum Gasteiger partial charge on any atom is -0.405 e. The number of para-hydroxylation sites is 1. The summed E-state index contributed by atoms with van der Waals surface area (Å²) in [5.74, 6) is -2.71. The summed E-state index contributed by atoms with van der Waals surface area (Å²) in [6.45, 7) is 0.958. The van der Waals surface area contributed by atoms with E-state index in [0.717, 1.165) is 12.8 Å². The third-order valence-electron chi connectivity index (χ3n) is 7.11. The topological polar surface area (TPSA) is 107 Å². The largest absolute Gasteiger partial charge is 0.573 e. The smallest absolute Gasteiger partial charge is 0.405 e. The number of aromatic amines is 1. The van der Waals surface area contributed by atoms with Gasteiger partial charge in [0.25, 0.3) is 0 Å². The zero-order valence-electron chi connectivity index (χ0n) is 21.3. The summed E-state index contributed by atoms with van der Waals surface area (Å²) in [6.07, 6.45) is -2.23.